The molecule has 23 heavy (non-hydrogen) atoms. The quantitative estimate of drug-likeness (QED) is 0.926. The third kappa shape index (κ3) is 3.48. The summed E-state index contributed by atoms with van der Waals surface area (Å²) in [4.78, 5) is 13.9. The largest absolute Gasteiger partial charge is 0.464 e. The first-order valence-corrected chi connectivity index (χ1v) is 7.69. The van der Waals surface area contributed by atoms with Crippen LogP contribution in [0.1, 0.15) is 29.0 Å². The van der Waals surface area contributed by atoms with Crippen LogP contribution in [0.2, 0.25) is 0 Å². The number of rotatable bonds is 3. The van der Waals surface area contributed by atoms with Crippen LogP contribution in [0, 0.1) is 6.92 Å². The maximum Gasteiger partial charge on any atom is 0.324 e. The zero-order chi connectivity index (χ0) is 16.4. The molecule has 1 atom stereocenters. The van der Waals surface area contributed by atoms with E-state index in [4.69, 9.17) is 9.15 Å². The van der Waals surface area contributed by atoms with E-state index < -0.39 is 17.5 Å². The number of carbonyl (C=O) groups excluding carboxylic acids is 1. The van der Waals surface area contributed by atoms with Crippen molar-refractivity contribution in [1.82, 2.24) is 15.1 Å². The van der Waals surface area contributed by atoms with Crippen molar-refractivity contribution in [3.63, 3.8) is 0 Å². The van der Waals surface area contributed by atoms with E-state index in [1.807, 2.05) is 6.92 Å². The number of hydrogen-bond donors (Lipinski definition) is 1. The number of carbonyl (C=O) groups is 1. The highest BCUT2D eigenvalue weighted by Crippen LogP contribution is 2.28. The number of aromatic nitrogens is 2. The van der Waals surface area contributed by atoms with Crippen LogP contribution < -0.4 is 5.32 Å². The van der Waals surface area contributed by atoms with Gasteiger partial charge in [-0.25, -0.2) is 13.6 Å². The van der Waals surface area contributed by atoms with E-state index >= 15 is 0 Å². The average Bonchev–Trinajstić information content (AvgIpc) is 3.16. The van der Waals surface area contributed by atoms with Crippen molar-refractivity contribution >= 4 is 22.5 Å². The highest BCUT2D eigenvalue weighted by atomic mass is 32.1. The first-order chi connectivity index (χ1) is 11.0. The van der Waals surface area contributed by atoms with Crippen molar-refractivity contribution in [2.24, 2.45) is 0 Å². The van der Waals surface area contributed by atoms with E-state index in [0.29, 0.717) is 36.9 Å². The van der Waals surface area contributed by atoms with Crippen molar-refractivity contribution < 1.29 is 22.7 Å². The number of aryl methyl sites for hydroxylation is 1. The second kappa shape index (κ2) is 6.59. The van der Waals surface area contributed by atoms with Gasteiger partial charge in [-0.1, -0.05) is 11.3 Å². The average molecular weight is 344 g/mol. The Balaban J connectivity index is 1.73. The smallest absolute Gasteiger partial charge is 0.324 e. The summed E-state index contributed by atoms with van der Waals surface area (Å²) in [6, 6.07) is 2.76. The van der Waals surface area contributed by atoms with Gasteiger partial charge < -0.3 is 14.1 Å². The number of halogens is 2. The fourth-order valence-corrected chi connectivity index (χ4v) is 2.84. The lowest BCUT2D eigenvalue weighted by molar-refractivity contribution is 0.00710. The molecular weight excluding hydrogens is 330 g/mol. The number of hydrogen-bond acceptors (Lipinski definition) is 6. The molecule has 3 heterocycles. The van der Waals surface area contributed by atoms with Gasteiger partial charge in [0, 0.05) is 6.54 Å². The van der Waals surface area contributed by atoms with Crippen LogP contribution in [0.5, 0.6) is 0 Å². The summed E-state index contributed by atoms with van der Waals surface area (Å²) in [6.07, 6.45) is -2.71. The van der Waals surface area contributed by atoms with Crippen LogP contribution in [0.4, 0.5) is 18.7 Å². The zero-order valence-corrected chi connectivity index (χ0v) is 13.0. The van der Waals surface area contributed by atoms with Gasteiger partial charge in [-0.2, -0.15) is 0 Å². The molecule has 1 fully saturated rings. The molecule has 7 nitrogen and oxygen atoms in total. The molecule has 1 aliphatic rings. The van der Waals surface area contributed by atoms with Crippen LogP contribution >= 0.6 is 11.3 Å². The number of alkyl halides is 2. The van der Waals surface area contributed by atoms with E-state index in [9.17, 15) is 13.6 Å². The van der Waals surface area contributed by atoms with Crippen LogP contribution in [0.25, 0.3) is 0 Å². The summed E-state index contributed by atoms with van der Waals surface area (Å²) in [5.74, 6) is 1.35. The van der Waals surface area contributed by atoms with Crippen molar-refractivity contribution in [2.75, 3.05) is 25.1 Å². The Morgan fingerprint density at radius 3 is 2.96 bits per heavy atom. The number of ether oxygens (including phenoxy) is 1. The second-order valence-electron chi connectivity index (χ2n) is 4.91. The predicted molar refractivity (Wildman–Crippen MR) is 77.6 cm³/mol. The third-order valence-electron chi connectivity index (χ3n) is 3.32. The van der Waals surface area contributed by atoms with Gasteiger partial charge in [0.1, 0.15) is 17.6 Å². The number of furan rings is 1. The minimum Gasteiger partial charge on any atom is -0.464 e. The Kier molecular flexibility index (Phi) is 4.53. The monoisotopic (exact) mass is 344 g/mol. The lowest BCUT2D eigenvalue weighted by Crippen LogP contribution is -2.45. The van der Waals surface area contributed by atoms with Crippen LogP contribution in [-0.4, -0.2) is 40.9 Å². The lowest BCUT2D eigenvalue weighted by Gasteiger charge is -2.33. The summed E-state index contributed by atoms with van der Waals surface area (Å²) in [5, 5.41) is 8.98. The molecule has 3 rings (SSSR count). The lowest BCUT2D eigenvalue weighted by atomic mass is 10.2. The molecule has 0 radical (unpaired) electrons. The van der Waals surface area contributed by atoms with E-state index in [-0.39, 0.29) is 11.2 Å². The molecule has 0 spiro atoms. The van der Waals surface area contributed by atoms with Gasteiger partial charge in [-0.3, -0.25) is 5.32 Å². The molecule has 2 aromatic heterocycles. The molecule has 1 aliphatic heterocycles. The predicted octanol–water partition coefficient (Wildman–Crippen LogP) is 2.98. The number of anilines is 1. The minimum absolute atomic E-state index is 0.0335. The molecule has 0 saturated carbocycles. The SMILES string of the molecule is Cc1ccc([C@H]2COCCN2C(=O)Nc2nnc(C(F)F)s2)o1. The van der Waals surface area contributed by atoms with Gasteiger partial charge in [0.2, 0.25) is 5.13 Å². The number of morpholine rings is 1. The van der Waals surface area contributed by atoms with Crippen LogP contribution in [0.15, 0.2) is 16.5 Å². The summed E-state index contributed by atoms with van der Waals surface area (Å²) >= 11 is 0.649. The van der Waals surface area contributed by atoms with Gasteiger partial charge >= 0.3 is 6.03 Å². The Morgan fingerprint density at radius 1 is 1.48 bits per heavy atom. The Bertz CT molecular complexity index is 690. The normalized spacial score (nSPS) is 18.4. The molecule has 0 bridgehead atoms. The topological polar surface area (TPSA) is 80.5 Å². The zero-order valence-electron chi connectivity index (χ0n) is 12.2. The van der Waals surface area contributed by atoms with Gasteiger partial charge in [0.05, 0.1) is 13.2 Å². The Labute approximate surface area is 134 Å². The second-order valence-corrected chi connectivity index (χ2v) is 5.92. The summed E-state index contributed by atoms with van der Waals surface area (Å²) in [7, 11) is 0. The van der Waals surface area contributed by atoms with Gasteiger partial charge in [0.25, 0.3) is 6.43 Å². The van der Waals surface area contributed by atoms with Crippen molar-refractivity contribution in [3.05, 3.63) is 28.7 Å². The van der Waals surface area contributed by atoms with Crippen molar-refractivity contribution in [1.29, 1.82) is 0 Å². The van der Waals surface area contributed by atoms with E-state index in [2.05, 4.69) is 15.5 Å². The molecule has 1 saturated heterocycles. The Morgan fingerprint density at radius 2 is 2.30 bits per heavy atom. The molecule has 2 aromatic rings. The van der Waals surface area contributed by atoms with Gasteiger partial charge in [-0.15, -0.1) is 10.2 Å². The molecule has 2 amide bonds. The first kappa shape index (κ1) is 15.8. The molecule has 0 unspecified atom stereocenters. The number of nitrogens with zero attached hydrogens (tertiary/aromatic N) is 3. The maximum absolute atomic E-state index is 12.5. The third-order valence-corrected chi connectivity index (χ3v) is 4.17. The Hall–Kier alpha value is -2.07. The standard InChI is InChI=1S/C13H14F2N4O3S/c1-7-2-3-9(22-7)8-6-21-5-4-19(8)13(20)16-12-18-17-11(23-12)10(14)15/h2-3,8,10H,4-6H2,1H3,(H,16,18,20)/t8-/m1/s1. The molecule has 0 aromatic carbocycles. The molecule has 10 heteroatoms. The molecule has 0 aliphatic carbocycles. The summed E-state index contributed by atoms with van der Waals surface area (Å²) < 4.78 is 36.0. The fraction of sp³-hybridized carbons (Fsp3) is 0.462. The number of amides is 2. The van der Waals surface area contributed by atoms with Crippen LogP contribution in [-0.2, 0) is 4.74 Å². The van der Waals surface area contributed by atoms with E-state index in [0.717, 1.165) is 5.76 Å². The first-order valence-electron chi connectivity index (χ1n) is 6.88. The maximum atomic E-state index is 12.5. The van der Waals surface area contributed by atoms with Gasteiger partial charge in [-0.05, 0) is 19.1 Å². The van der Waals surface area contributed by atoms with E-state index in [1.165, 1.54) is 4.90 Å². The highest BCUT2D eigenvalue weighted by molar-refractivity contribution is 7.15. The fourth-order valence-electron chi connectivity index (χ4n) is 2.25. The van der Waals surface area contributed by atoms with E-state index in [1.54, 1.807) is 12.1 Å². The minimum atomic E-state index is -2.71. The van der Waals surface area contributed by atoms with Crippen molar-refractivity contribution in [3.8, 4) is 0 Å². The molecule has 1 N–H and O–H groups in total. The summed E-state index contributed by atoms with van der Waals surface area (Å²) in [6.45, 7) is 2.86. The number of urea groups is 1. The molecule has 124 valence electrons. The highest BCUT2D eigenvalue weighted by Gasteiger charge is 2.31. The van der Waals surface area contributed by atoms with Crippen molar-refractivity contribution in [2.45, 2.75) is 19.4 Å². The summed E-state index contributed by atoms with van der Waals surface area (Å²) in [5.41, 5.74) is 0. The van der Waals surface area contributed by atoms with Crippen LogP contribution in [0.3, 0.4) is 0 Å². The number of nitrogens with one attached hydrogen (secondary N) is 1. The molecular formula is C13H14F2N4O3S. The van der Waals surface area contributed by atoms with Gasteiger partial charge in [0.15, 0.2) is 5.01 Å².